The third kappa shape index (κ3) is 2.56. The Bertz CT molecular complexity index is 1080. The number of amides is 1. The molecule has 4 atom stereocenters. The number of para-hydroxylation sites is 1. The average molecular weight is 382 g/mol. The van der Waals surface area contributed by atoms with Gasteiger partial charge in [-0.3, -0.25) is 14.9 Å². The van der Waals surface area contributed by atoms with E-state index >= 15 is 0 Å². The van der Waals surface area contributed by atoms with E-state index in [1.807, 2.05) is 91.9 Å². The van der Waals surface area contributed by atoms with Crippen LogP contribution in [0.2, 0.25) is 0 Å². The van der Waals surface area contributed by atoms with Crippen molar-refractivity contribution < 1.29 is 9.59 Å². The van der Waals surface area contributed by atoms with Gasteiger partial charge in [0.15, 0.2) is 5.78 Å². The lowest BCUT2D eigenvalue weighted by atomic mass is 9.70. The van der Waals surface area contributed by atoms with Gasteiger partial charge in [-0.2, -0.15) is 0 Å². The van der Waals surface area contributed by atoms with E-state index in [9.17, 15) is 9.59 Å². The van der Waals surface area contributed by atoms with E-state index in [4.69, 9.17) is 0 Å². The maximum Gasteiger partial charge on any atom is 0.250 e. The van der Waals surface area contributed by atoms with Crippen molar-refractivity contribution in [3.63, 3.8) is 0 Å². The third-order valence-corrected chi connectivity index (χ3v) is 6.30. The van der Waals surface area contributed by atoms with Crippen LogP contribution < -0.4 is 10.6 Å². The first kappa shape index (κ1) is 17.8. The summed E-state index contributed by atoms with van der Waals surface area (Å²) in [5.41, 5.74) is 2.42. The summed E-state index contributed by atoms with van der Waals surface area (Å²) in [6.45, 7) is 2.00. The van der Waals surface area contributed by atoms with Crippen molar-refractivity contribution in [2.24, 2.45) is 5.92 Å². The molecule has 4 nitrogen and oxygen atoms in total. The highest BCUT2D eigenvalue weighted by atomic mass is 16.2. The topological polar surface area (TPSA) is 58.2 Å². The predicted octanol–water partition coefficient (Wildman–Crippen LogP) is 4.11. The van der Waals surface area contributed by atoms with Crippen LogP contribution in [0.5, 0.6) is 0 Å². The number of hydrogen-bond acceptors (Lipinski definition) is 3. The Morgan fingerprint density at radius 1 is 0.862 bits per heavy atom. The molecular formula is C25H22N2O2. The molecule has 2 aliphatic heterocycles. The minimum absolute atomic E-state index is 0.0634. The van der Waals surface area contributed by atoms with Crippen LogP contribution in [-0.2, 0) is 10.3 Å². The average Bonchev–Trinajstić information content (AvgIpc) is 3.23. The number of benzene rings is 3. The van der Waals surface area contributed by atoms with E-state index in [-0.39, 0.29) is 29.6 Å². The van der Waals surface area contributed by atoms with Gasteiger partial charge in [-0.05, 0) is 18.6 Å². The van der Waals surface area contributed by atoms with Crippen LogP contribution in [-0.4, -0.2) is 17.7 Å². The second-order valence-corrected chi connectivity index (χ2v) is 7.89. The number of fused-ring (bicyclic) bond motifs is 2. The lowest BCUT2D eigenvalue weighted by molar-refractivity contribution is -0.122. The van der Waals surface area contributed by atoms with E-state index in [1.54, 1.807) is 0 Å². The van der Waals surface area contributed by atoms with Gasteiger partial charge in [0, 0.05) is 34.7 Å². The minimum Gasteiger partial charge on any atom is -0.324 e. The Kier molecular flexibility index (Phi) is 4.10. The summed E-state index contributed by atoms with van der Waals surface area (Å²) in [5.74, 6) is -0.706. The normalized spacial score (nSPS) is 27.6. The van der Waals surface area contributed by atoms with Crippen LogP contribution in [0, 0.1) is 5.92 Å². The predicted molar refractivity (Wildman–Crippen MR) is 113 cm³/mol. The summed E-state index contributed by atoms with van der Waals surface area (Å²) in [7, 11) is 0. The van der Waals surface area contributed by atoms with Crippen LogP contribution in [0.3, 0.4) is 0 Å². The first-order valence-electron chi connectivity index (χ1n) is 9.96. The van der Waals surface area contributed by atoms with Gasteiger partial charge in [0.05, 0.1) is 0 Å². The molecule has 2 aliphatic rings. The molecule has 1 amide bonds. The number of anilines is 1. The molecule has 2 N–H and O–H groups in total. The zero-order chi connectivity index (χ0) is 20.0. The van der Waals surface area contributed by atoms with Crippen LogP contribution in [0.4, 0.5) is 5.69 Å². The van der Waals surface area contributed by atoms with E-state index in [0.717, 1.165) is 16.8 Å². The Balaban J connectivity index is 1.71. The standard InChI is InChI=1S/C25H22N2O2/c1-16-21(23(28)18-12-6-3-7-13-18)22(17-10-4-2-5-11-17)25(27-16)19-14-8-9-15-20(19)26-24(25)29/h2-16,21-22,27H,1H3,(H,26,29). The minimum atomic E-state index is -0.966. The maximum absolute atomic E-state index is 13.6. The number of rotatable bonds is 3. The Morgan fingerprint density at radius 2 is 1.48 bits per heavy atom. The fourth-order valence-corrected chi connectivity index (χ4v) is 5.12. The highest BCUT2D eigenvalue weighted by Gasteiger charge is 2.62. The van der Waals surface area contributed by atoms with Crippen LogP contribution in [0.15, 0.2) is 84.9 Å². The molecule has 2 heterocycles. The Morgan fingerprint density at radius 3 is 2.21 bits per heavy atom. The van der Waals surface area contributed by atoms with Gasteiger partial charge in [-0.1, -0.05) is 78.9 Å². The number of ketones is 1. The molecule has 0 bridgehead atoms. The second-order valence-electron chi connectivity index (χ2n) is 7.89. The fraction of sp³-hybridized carbons (Fsp3) is 0.200. The van der Waals surface area contributed by atoms with Crippen molar-refractivity contribution in [2.75, 3.05) is 5.32 Å². The Labute approximate surface area is 170 Å². The van der Waals surface area contributed by atoms with Crippen LogP contribution in [0.1, 0.15) is 34.3 Å². The van der Waals surface area contributed by atoms with Gasteiger partial charge in [0.2, 0.25) is 5.91 Å². The first-order valence-corrected chi connectivity index (χ1v) is 9.96. The van der Waals surface area contributed by atoms with Gasteiger partial charge in [0.25, 0.3) is 0 Å². The molecule has 29 heavy (non-hydrogen) atoms. The molecule has 3 aromatic rings. The number of hydrogen-bond donors (Lipinski definition) is 2. The second kappa shape index (κ2) is 6.68. The molecule has 0 aliphatic carbocycles. The molecule has 0 radical (unpaired) electrons. The summed E-state index contributed by atoms with van der Waals surface area (Å²) in [5, 5.41) is 6.59. The highest BCUT2D eigenvalue weighted by molar-refractivity contribution is 6.09. The fourth-order valence-electron chi connectivity index (χ4n) is 5.12. The van der Waals surface area contributed by atoms with Crippen LogP contribution in [0.25, 0.3) is 0 Å². The number of carbonyl (C=O) groups excluding carboxylic acids is 2. The molecule has 3 aromatic carbocycles. The van der Waals surface area contributed by atoms with Gasteiger partial charge in [-0.15, -0.1) is 0 Å². The smallest absolute Gasteiger partial charge is 0.250 e. The van der Waals surface area contributed by atoms with E-state index in [2.05, 4.69) is 10.6 Å². The van der Waals surface area contributed by atoms with E-state index in [0.29, 0.717) is 5.56 Å². The largest absolute Gasteiger partial charge is 0.324 e. The maximum atomic E-state index is 13.6. The lowest BCUT2D eigenvalue weighted by Gasteiger charge is -2.32. The zero-order valence-corrected chi connectivity index (χ0v) is 16.1. The van der Waals surface area contributed by atoms with E-state index in [1.165, 1.54) is 0 Å². The Hall–Kier alpha value is -3.24. The molecule has 0 saturated carbocycles. The SMILES string of the molecule is CC1NC2(C(=O)Nc3ccccc32)C(c2ccccc2)C1C(=O)c1ccccc1. The van der Waals surface area contributed by atoms with Crippen LogP contribution >= 0.6 is 0 Å². The molecular weight excluding hydrogens is 360 g/mol. The zero-order valence-electron chi connectivity index (χ0n) is 16.1. The summed E-state index contributed by atoms with van der Waals surface area (Å²) in [4.78, 5) is 27.0. The van der Waals surface area contributed by atoms with Crippen molar-refractivity contribution in [1.82, 2.24) is 5.32 Å². The number of nitrogens with one attached hydrogen (secondary N) is 2. The number of Topliss-reactive ketones (excluding diaryl/α,β-unsaturated/α-hetero) is 1. The van der Waals surface area contributed by atoms with Crippen molar-refractivity contribution in [1.29, 1.82) is 0 Å². The monoisotopic (exact) mass is 382 g/mol. The molecule has 5 rings (SSSR count). The lowest BCUT2D eigenvalue weighted by Crippen LogP contribution is -2.48. The molecule has 1 saturated heterocycles. The van der Waals surface area contributed by atoms with Gasteiger partial charge in [-0.25, -0.2) is 0 Å². The van der Waals surface area contributed by atoms with Crippen molar-refractivity contribution in [3.05, 3.63) is 102 Å². The third-order valence-electron chi connectivity index (χ3n) is 6.30. The number of carbonyl (C=O) groups is 2. The molecule has 1 spiro atoms. The van der Waals surface area contributed by atoms with Gasteiger partial charge < -0.3 is 5.32 Å². The summed E-state index contributed by atoms with van der Waals surface area (Å²) >= 11 is 0. The van der Waals surface area contributed by atoms with Crippen molar-refractivity contribution in [3.8, 4) is 0 Å². The highest BCUT2D eigenvalue weighted by Crippen LogP contribution is 2.54. The summed E-state index contributed by atoms with van der Waals surface area (Å²) < 4.78 is 0. The quantitative estimate of drug-likeness (QED) is 0.671. The van der Waals surface area contributed by atoms with Crippen molar-refractivity contribution in [2.45, 2.75) is 24.4 Å². The molecule has 0 aromatic heterocycles. The molecule has 144 valence electrons. The summed E-state index contributed by atoms with van der Waals surface area (Å²) in [6, 6.07) is 26.9. The molecule has 4 heteroatoms. The first-order chi connectivity index (χ1) is 14.1. The van der Waals surface area contributed by atoms with Crippen molar-refractivity contribution >= 4 is 17.4 Å². The van der Waals surface area contributed by atoms with Gasteiger partial charge >= 0.3 is 0 Å². The molecule has 4 unspecified atom stereocenters. The van der Waals surface area contributed by atoms with Gasteiger partial charge in [0.1, 0.15) is 5.54 Å². The van der Waals surface area contributed by atoms with E-state index < -0.39 is 5.54 Å². The molecule has 1 fully saturated rings. The summed E-state index contributed by atoms with van der Waals surface area (Å²) in [6.07, 6.45) is 0.